The van der Waals surface area contributed by atoms with Gasteiger partial charge in [0.1, 0.15) is 0 Å². The average molecular weight is 205 g/mol. The van der Waals surface area contributed by atoms with Gasteiger partial charge in [-0.05, 0) is 19.3 Å². The first kappa shape index (κ1) is 9.96. The quantitative estimate of drug-likeness (QED) is 0.740. The van der Waals surface area contributed by atoms with E-state index in [2.05, 4.69) is 22.5 Å². The Labute approximate surface area is 88.7 Å². The molecular weight excluding hydrogens is 190 g/mol. The van der Waals surface area contributed by atoms with Crippen LogP contribution >= 0.6 is 0 Å². The number of nitrogens with zero attached hydrogens (tertiary/aromatic N) is 2. The summed E-state index contributed by atoms with van der Waals surface area (Å²) in [6.45, 7) is 0. The summed E-state index contributed by atoms with van der Waals surface area (Å²) in [5, 5.41) is 3.19. The van der Waals surface area contributed by atoms with Crippen molar-refractivity contribution in [2.75, 3.05) is 5.32 Å². The Morgan fingerprint density at radius 1 is 1.53 bits per heavy atom. The molecule has 1 N–H and O–H groups in total. The fourth-order valence-corrected chi connectivity index (χ4v) is 1.71. The van der Waals surface area contributed by atoms with E-state index in [1.165, 1.54) is 4.57 Å². The van der Waals surface area contributed by atoms with Crippen LogP contribution in [0.1, 0.15) is 19.3 Å². The van der Waals surface area contributed by atoms with Crippen molar-refractivity contribution >= 4 is 5.82 Å². The summed E-state index contributed by atoms with van der Waals surface area (Å²) in [4.78, 5) is 15.7. The van der Waals surface area contributed by atoms with E-state index in [0.29, 0.717) is 11.9 Å². The Kier molecular flexibility index (Phi) is 2.85. The molecule has 0 fully saturated rings. The van der Waals surface area contributed by atoms with Crippen molar-refractivity contribution in [2.24, 2.45) is 7.05 Å². The first-order valence-corrected chi connectivity index (χ1v) is 5.20. The van der Waals surface area contributed by atoms with Crippen molar-refractivity contribution in [1.29, 1.82) is 0 Å². The van der Waals surface area contributed by atoms with Gasteiger partial charge >= 0.3 is 0 Å². The molecule has 1 heterocycles. The molecule has 4 nitrogen and oxygen atoms in total. The minimum absolute atomic E-state index is 0.0629. The topological polar surface area (TPSA) is 46.9 Å². The highest BCUT2D eigenvalue weighted by molar-refractivity contribution is 5.32. The maximum absolute atomic E-state index is 11.7. The predicted octanol–water partition coefficient (Wildman–Crippen LogP) is 1.30. The van der Waals surface area contributed by atoms with Crippen LogP contribution in [0.2, 0.25) is 0 Å². The lowest BCUT2D eigenvalue weighted by atomic mass is 10.0. The summed E-state index contributed by atoms with van der Waals surface area (Å²) in [7, 11) is 1.73. The fraction of sp³-hybridized carbons (Fsp3) is 0.455. The largest absolute Gasteiger partial charge is 0.362 e. The Morgan fingerprint density at radius 3 is 3.13 bits per heavy atom. The summed E-state index contributed by atoms with van der Waals surface area (Å²) in [6, 6.07) is 0.345. The van der Waals surface area contributed by atoms with Gasteiger partial charge < -0.3 is 9.88 Å². The highest BCUT2D eigenvalue weighted by atomic mass is 16.1. The van der Waals surface area contributed by atoms with E-state index in [4.69, 9.17) is 0 Å². The molecule has 0 saturated carbocycles. The van der Waals surface area contributed by atoms with Gasteiger partial charge in [0.25, 0.3) is 5.56 Å². The smallest absolute Gasteiger partial charge is 0.293 e. The van der Waals surface area contributed by atoms with Crippen LogP contribution in [0.25, 0.3) is 0 Å². The van der Waals surface area contributed by atoms with Crippen LogP contribution in [0.3, 0.4) is 0 Å². The van der Waals surface area contributed by atoms with Gasteiger partial charge in [-0.25, -0.2) is 4.98 Å². The lowest BCUT2D eigenvalue weighted by Crippen LogP contribution is -2.28. The number of allylic oxidation sites excluding steroid dienone is 1. The lowest BCUT2D eigenvalue weighted by molar-refractivity contribution is 0.638. The zero-order valence-corrected chi connectivity index (χ0v) is 8.81. The SMILES string of the molecule is Cn1ccnc(NC2CC=CCC2)c1=O. The zero-order valence-electron chi connectivity index (χ0n) is 8.81. The average Bonchev–Trinajstić information content (AvgIpc) is 2.26. The molecule has 2 rings (SSSR count). The molecule has 1 aromatic rings. The maximum Gasteiger partial charge on any atom is 0.293 e. The molecule has 1 aromatic heterocycles. The second kappa shape index (κ2) is 4.29. The molecule has 4 heteroatoms. The summed E-state index contributed by atoms with van der Waals surface area (Å²) in [6.07, 6.45) is 10.7. The summed E-state index contributed by atoms with van der Waals surface area (Å²) < 4.78 is 1.54. The van der Waals surface area contributed by atoms with E-state index in [1.807, 2.05) is 0 Å². The van der Waals surface area contributed by atoms with Gasteiger partial charge in [0.05, 0.1) is 0 Å². The first-order valence-electron chi connectivity index (χ1n) is 5.20. The van der Waals surface area contributed by atoms with E-state index in [9.17, 15) is 4.79 Å². The van der Waals surface area contributed by atoms with Crippen LogP contribution in [-0.2, 0) is 7.05 Å². The minimum Gasteiger partial charge on any atom is -0.362 e. The second-order valence-corrected chi connectivity index (χ2v) is 3.82. The maximum atomic E-state index is 11.7. The zero-order chi connectivity index (χ0) is 10.7. The number of anilines is 1. The van der Waals surface area contributed by atoms with Gasteiger partial charge in [-0.2, -0.15) is 0 Å². The van der Waals surface area contributed by atoms with Crippen LogP contribution in [0.15, 0.2) is 29.3 Å². The van der Waals surface area contributed by atoms with E-state index in [1.54, 1.807) is 19.4 Å². The molecule has 0 aromatic carbocycles. The van der Waals surface area contributed by atoms with Crippen molar-refractivity contribution in [2.45, 2.75) is 25.3 Å². The molecule has 0 radical (unpaired) electrons. The molecule has 1 unspecified atom stereocenters. The van der Waals surface area contributed by atoms with Crippen LogP contribution < -0.4 is 10.9 Å². The number of aromatic nitrogens is 2. The Hall–Kier alpha value is -1.58. The number of rotatable bonds is 2. The predicted molar refractivity (Wildman–Crippen MR) is 59.9 cm³/mol. The van der Waals surface area contributed by atoms with E-state index in [-0.39, 0.29) is 5.56 Å². The van der Waals surface area contributed by atoms with Gasteiger partial charge in [-0.1, -0.05) is 12.2 Å². The van der Waals surface area contributed by atoms with Crippen molar-refractivity contribution < 1.29 is 0 Å². The van der Waals surface area contributed by atoms with Crippen LogP contribution in [0, 0.1) is 0 Å². The molecule has 1 atom stereocenters. The monoisotopic (exact) mass is 205 g/mol. The Morgan fingerprint density at radius 2 is 2.40 bits per heavy atom. The van der Waals surface area contributed by atoms with E-state index in [0.717, 1.165) is 19.3 Å². The normalized spacial score (nSPS) is 20.2. The number of aryl methyl sites for hydroxylation is 1. The van der Waals surface area contributed by atoms with E-state index < -0.39 is 0 Å². The van der Waals surface area contributed by atoms with Gasteiger partial charge in [0.15, 0.2) is 5.82 Å². The molecular formula is C11H15N3O. The first-order chi connectivity index (χ1) is 7.27. The van der Waals surface area contributed by atoms with Crippen LogP contribution in [0.4, 0.5) is 5.82 Å². The molecule has 0 bridgehead atoms. The van der Waals surface area contributed by atoms with Crippen molar-refractivity contribution in [1.82, 2.24) is 9.55 Å². The van der Waals surface area contributed by atoms with Crippen molar-refractivity contribution in [3.8, 4) is 0 Å². The third-order valence-electron chi connectivity index (χ3n) is 2.63. The van der Waals surface area contributed by atoms with Crippen molar-refractivity contribution in [3.63, 3.8) is 0 Å². The number of hydrogen-bond donors (Lipinski definition) is 1. The van der Waals surface area contributed by atoms with Crippen LogP contribution in [0.5, 0.6) is 0 Å². The van der Waals surface area contributed by atoms with Crippen LogP contribution in [-0.4, -0.2) is 15.6 Å². The van der Waals surface area contributed by atoms with Gasteiger partial charge in [-0.15, -0.1) is 0 Å². The van der Waals surface area contributed by atoms with Crippen molar-refractivity contribution in [3.05, 3.63) is 34.9 Å². The highest BCUT2D eigenvalue weighted by Gasteiger charge is 2.12. The minimum atomic E-state index is -0.0629. The molecule has 1 aliphatic carbocycles. The fourth-order valence-electron chi connectivity index (χ4n) is 1.71. The molecule has 1 aliphatic rings. The second-order valence-electron chi connectivity index (χ2n) is 3.82. The van der Waals surface area contributed by atoms with E-state index >= 15 is 0 Å². The number of hydrogen-bond acceptors (Lipinski definition) is 3. The highest BCUT2D eigenvalue weighted by Crippen LogP contribution is 2.13. The standard InChI is InChI=1S/C11H15N3O/c1-14-8-7-12-10(11(14)15)13-9-5-3-2-4-6-9/h2-3,7-9H,4-6H2,1H3,(H,12,13). The summed E-state index contributed by atoms with van der Waals surface area (Å²) in [5.41, 5.74) is -0.0629. The molecule has 0 saturated heterocycles. The van der Waals surface area contributed by atoms with Gasteiger partial charge in [0.2, 0.25) is 0 Å². The Bertz CT molecular complexity index is 422. The summed E-state index contributed by atoms with van der Waals surface area (Å²) in [5.74, 6) is 0.459. The lowest BCUT2D eigenvalue weighted by Gasteiger charge is -2.19. The third kappa shape index (κ3) is 2.26. The third-order valence-corrected chi connectivity index (χ3v) is 2.63. The molecule has 0 aliphatic heterocycles. The molecule has 0 amide bonds. The molecule has 0 spiro atoms. The van der Waals surface area contributed by atoms with Gasteiger partial charge in [0, 0.05) is 25.5 Å². The summed E-state index contributed by atoms with van der Waals surface area (Å²) >= 11 is 0. The molecule has 80 valence electrons. The number of nitrogens with one attached hydrogen (secondary N) is 1. The Balaban J connectivity index is 2.13. The molecule has 15 heavy (non-hydrogen) atoms. The van der Waals surface area contributed by atoms with Gasteiger partial charge in [-0.3, -0.25) is 4.79 Å².